The van der Waals surface area contributed by atoms with Gasteiger partial charge in [-0.2, -0.15) is 0 Å². The van der Waals surface area contributed by atoms with Crippen LogP contribution in [-0.4, -0.2) is 39.9 Å². The minimum atomic E-state index is -0.0926. The zero-order valence-electron chi connectivity index (χ0n) is 16.3. The molecular weight excluding hydrogens is 346 g/mol. The van der Waals surface area contributed by atoms with Crippen molar-refractivity contribution < 1.29 is 23.7 Å². The number of aryl methyl sites for hydroxylation is 1. The van der Waals surface area contributed by atoms with Crippen LogP contribution in [0.3, 0.4) is 0 Å². The molecule has 0 spiro atoms. The summed E-state index contributed by atoms with van der Waals surface area (Å²) >= 11 is 0. The molecule has 0 heterocycles. The SMILES string of the molecule is COc1ccc(OCC(C)NC(=O)CCc2ccc(OC)c(OC)c2)cc1. The number of methoxy groups -OCH3 is 3. The predicted molar refractivity (Wildman–Crippen MR) is 104 cm³/mol. The van der Waals surface area contributed by atoms with Crippen LogP contribution in [0.4, 0.5) is 0 Å². The summed E-state index contributed by atoms with van der Waals surface area (Å²) in [5.74, 6) is 2.84. The van der Waals surface area contributed by atoms with E-state index in [1.54, 1.807) is 21.3 Å². The highest BCUT2D eigenvalue weighted by atomic mass is 16.5. The van der Waals surface area contributed by atoms with Crippen LogP contribution in [0.25, 0.3) is 0 Å². The second kappa shape index (κ2) is 10.3. The van der Waals surface area contributed by atoms with Gasteiger partial charge in [-0.25, -0.2) is 0 Å². The number of hydrogen-bond donors (Lipinski definition) is 1. The second-order valence-corrected chi connectivity index (χ2v) is 6.14. The van der Waals surface area contributed by atoms with E-state index in [0.29, 0.717) is 30.9 Å². The minimum absolute atomic E-state index is 0.0179. The molecule has 146 valence electrons. The summed E-state index contributed by atoms with van der Waals surface area (Å²) in [5.41, 5.74) is 1.02. The van der Waals surface area contributed by atoms with Gasteiger partial charge in [-0.3, -0.25) is 4.79 Å². The number of benzene rings is 2. The fraction of sp³-hybridized carbons (Fsp3) is 0.381. The molecule has 0 bridgehead atoms. The Balaban J connectivity index is 1.75. The molecule has 2 aromatic carbocycles. The van der Waals surface area contributed by atoms with Gasteiger partial charge in [0.15, 0.2) is 11.5 Å². The van der Waals surface area contributed by atoms with Crippen molar-refractivity contribution in [3.8, 4) is 23.0 Å². The van der Waals surface area contributed by atoms with E-state index in [1.165, 1.54) is 0 Å². The molecule has 6 heteroatoms. The molecule has 0 aliphatic heterocycles. The average Bonchev–Trinajstić information content (AvgIpc) is 2.70. The average molecular weight is 373 g/mol. The maximum atomic E-state index is 12.2. The zero-order valence-corrected chi connectivity index (χ0v) is 16.3. The van der Waals surface area contributed by atoms with Crippen LogP contribution in [0.15, 0.2) is 42.5 Å². The summed E-state index contributed by atoms with van der Waals surface area (Å²) in [6.07, 6.45) is 1.01. The molecule has 0 fully saturated rings. The highest BCUT2D eigenvalue weighted by molar-refractivity contribution is 5.76. The molecule has 0 aliphatic carbocycles. The maximum absolute atomic E-state index is 12.2. The molecule has 1 unspecified atom stereocenters. The van der Waals surface area contributed by atoms with Gasteiger partial charge in [0.2, 0.25) is 5.91 Å². The Labute approximate surface area is 160 Å². The summed E-state index contributed by atoms with van der Waals surface area (Å²) in [6.45, 7) is 2.31. The van der Waals surface area contributed by atoms with Crippen molar-refractivity contribution in [2.24, 2.45) is 0 Å². The second-order valence-electron chi connectivity index (χ2n) is 6.14. The van der Waals surface area contributed by atoms with Crippen LogP contribution >= 0.6 is 0 Å². The highest BCUT2D eigenvalue weighted by Gasteiger charge is 2.10. The van der Waals surface area contributed by atoms with Gasteiger partial charge >= 0.3 is 0 Å². The van der Waals surface area contributed by atoms with Crippen molar-refractivity contribution in [1.29, 1.82) is 0 Å². The van der Waals surface area contributed by atoms with E-state index in [9.17, 15) is 4.79 Å². The quantitative estimate of drug-likeness (QED) is 0.693. The van der Waals surface area contributed by atoms with Crippen molar-refractivity contribution >= 4 is 5.91 Å². The van der Waals surface area contributed by atoms with Gasteiger partial charge in [0, 0.05) is 6.42 Å². The Hall–Kier alpha value is -2.89. The largest absolute Gasteiger partial charge is 0.497 e. The maximum Gasteiger partial charge on any atom is 0.220 e. The Morgan fingerprint density at radius 3 is 2.22 bits per heavy atom. The van der Waals surface area contributed by atoms with E-state index in [0.717, 1.165) is 17.1 Å². The van der Waals surface area contributed by atoms with Crippen molar-refractivity contribution in [1.82, 2.24) is 5.32 Å². The van der Waals surface area contributed by atoms with Gasteiger partial charge in [0.05, 0.1) is 27.4 Å². The van der Waals surface area contributed by atoms with Gasteiger partial charge in [0.1, 0.15) is 18.1 Å². The molecule has 0 radical (unpaired) electrons. The third-order valence-electron chi connectivity index (χ3n) is 4.06. The first-order valence-corrected chi connectivity index (χ1v) is 8.82. The number of nitrogens with one attached hydrogen (secondary N) is 1. The molecule has 0 aromatic heterocycles. The first kappa shape index (κ1) is 20.4. The van der Waals surface area contributed by atoms with Crippen LogP contribution in [0.5, 0.6) is 23.0 Å². The fourth-order valence-corrected chi connectivity index (χ4v) is 2.58. The fourth-order valence-electron chi connectivity index (χ4n) is 2.58. The number of carbonyl (C=O) groups excluding carboxylic acids is 1. The lowest BCUT2D eigenvalue weighted by atomic mass is 10.1. The Morgan fingerprint density at radius 2 is 1.59 bits per heavy atom. The van der Waals surface area contributed by atoms with Crippen molar-refractivity contribution in [3.63, 3.8) is 0 Å². The molecule has 2 rings (SSSR count). The summed E-state index contributed by atoms with van der Waals surface area (Å²) < 4.78 is 21.3. The van der Waals surface area contributed by atoms with E-state index in [4.69, 9.17) is 18.9 Å². The lowest BCUT2D eigenvalue weighted by molar-refractivity contribution is -0.121. The molecule has 0 saturated carbocycles. The molecule has 27 heavy (non-hydrogen) atoms. The first-order chi connectivity index (χ1) is 13.0. The minimum Gasteiger partial charge on any atom is -0.497 e. The third kappa shape index (κ3) is 6.40. The molecule has 1 atom stereocenters. The van der Waals surface area contributed by atoms with E-state index in [1.807, 2.05) is 49.4 Å². The van der Waals surface area contributed by atoms with Gasteiger partial charge in [-0.15, -0.1) is 0 Å². The Kier molecular flexibility index (Phi) is 7.79. The summed E-state index contributed by atoms with van der Waals surface area (Å²) in [5, 5.41) is 2.95. The van der Waals surface area contributed by atoms with E-state index in [2.05, 4.69) is 5.32 Å². The molecular formula is C21H27NO5. The number of hydrogen-bond acceptors (Lipinski definition) is 5. The van der Waals surface area contributed by atoms with Crippen LogP contribution in [0.1, 0.15) is 18.9 Å². The number of ether oxygens (including phenoxy) is 4. The standard InChI is InChI=1S/C21H27NO5/c1-15(14-27-18-9-7-17(24-2)8-10-18)22-21(23)12-6-16-5-11-19(25-3)20(13-16)26-4/h5,7-11,13,15H,6,12,14H2,1-4H3,(H,22,23). The van der Waals surface area contributed by atoms with Gasteiger partial charge < -0.3 is 24.3 Å². The molecule has 2 aromatic rings. The first-order valence-electron chi connectivity index (χ1n) is 8.82. The third-order valence-corrected chi connectivity index (χ3v) is 4.06. The molecule has 1 N–H and O–H groups in total. The van der Waals surface area contributed by atoms with Crippen LogP contribution in [-0.2, 0) is 11.2 Å². The van der Waals surface area contributed by atoms with E-state index >= 15 is 0 Å². The molecule has 0 aliphatic rings. The summed E-state index contributed by atoms with van der Waals surface area (Å²) in [7, 11) is 4.81. The zero-order chi connectivity index (χ0) is 19.6. The van der Waals surface area contributed by atoms with Crippen molar-refractivity contribution in [2.75, 3.05) is 27.9 Å². The topological polar surface area (TPSA) is 66.0 Å². The molecule has 0 saturated heterocycles. The molecule has 1 amide bonds. The van der Waals surface area contributed by atoms with Crippen LogP contribution < -0.4 is 24.3 Å². The summed E-state index contributed by atoms with van der Waals surface area (Å²) in [6, 6.07) is 12.9. The Morgan fingerprint density at radius 1 is 0.926 bits per heavy atom. The lowest BCUT2D eigenvalue weighted by Gasteiger charge is -2.15. The van der Waals surface area contributed by atoms with Crippen molar-refractivity contribution in [3.05, 3.63) is 48.0 Å². The number of carbonyl (C=O) groups is 1. The number of rotatable bonds is 10. The normalized spacial score (nSPS) is 11.4. The van der Waals surface area contributed by atoms with Crippen LogP contribution in [0, 0.1) is 0 Å². The van der Waals surface area contributed by atoms with Gasteiger partial charge in [0.25, 0.3) is 0 Å². The van der Waals surface area contributed by atoms with Gasteiger partial charge in [-0.05, 0) is 55.3 Å². The molecule has 6 nitrogen and oxygen atoms in total. The predicted octanol–water partition coefficient (Wildman–Crippen LogP) is 3.23. The van der Waals surface area contributed by atoms with E-state index in [-0.39, 0.29) is 11.9 Å². The smallest absolute Gasteiger partial charge is 0.220 e. The van der Waals surface area contributed by atoms with Crippen molar-refractivity contribution in [2.45, 2.75) is 25.8 Å². The Bertz CT molecular complexity index is 730. The van der Waals surface area contributed by atoms with E-state index < -0.39 is 0 Å². The van der Waals surface area contributed by atoms with Gasteiger partial charge in [-0.1, -0.05) is 6.07 Å². The van der Waals surface area contributed by atoms with Crippen LogP contribution in [0.2, 0.25) is 0 Å². The summed E-state index contributed by atoms with van der Waals surface area (Å²) in [4.78, 5) is 12.2. The lowest BCUT2D eigenvalue weighted by Crippen LogP contribution is -2.36. The monoisotopic (exact) mass is 373 g/mol. The number of amides is 1. The highest BCUT2D eigenvalue weighted by Crippen LogP contribution is 2.27.